The van der Waals surface area contributed by atoms with Crippen molar-refractivity contribution < 1.29 is 14.7 Å². The lowest BCUT2D eigenvalue weighted by Gasteiger charge is -2.08. The van der Waals surface area contributed by atoms with Gasteiger partial charge in [-0.15, -0.1) is 23.7 Å². The molecule has 6 heteroatoms. The molecule has 84 valence electrons. The predicted molar refractivity (Wildman–Crippen MR) is 59.5 cm³/mol. The molecule has 0 fully saturated rings. The van der Waals surface area contributed by atoms with Gasteiger partial charge in [-0.05, 0) is 6.92 Å². The van der Waals surface area contributed by atoms with E-state index in [4.69, 9.17) is 11.5 Å². The summed E-state index contributed by atoms with van der Waals surface area (Å²) in [4.78, 5) is 25.8. The van der Waals surface area contributed by atoms with E-state index in [9.17, 15) is 9.59 Å². The topological polar surface area (TPSA) is 79.3 Å². The highest BCUT2D eigenvalue weighted by Gasteiger charge is 2.15. The van der Waals surface area contributed by atoms with Crippen LogP contribution in [0.15, 0.2) is 5.38 Å². The van der Waals surface area contributed by atoms with Crippen molar-refractivity contribution in [3.05, 3.63) is 16.1 Å². The van der Waals surface area contributed by atoms with Gasteiger partial charge in [0.15, 0.2) is 0 Å². The molecule has 16 heavy (non-hydrogen) atoms. The zero-order valence-electron chi connectivity index (χ0n) is 8.56. The van der Waals surface area contributed by atoms with E-state index in [-0.39, 0.29) is 16.7 Å². The van der Waals surface area contributed by atoms with Crippen LogP contribution < -0.4 is 5.32 Å². The van der Waals surface area contributed by atoms with Gasteiger partial charge in [0.1, 0.15) is 5.69 Å². The third kappa shape index (κ3) is 3.07. The fourth-order valence-corrected chi connectivity index (χ4v) is 1.64. The summed E-state index contributed by atoms with van der Waals surface area (Å²) in [6.45, 7) is 1.77. The van der Waals surface area contributed by atoms with Crippen molar-refractivity contribution in [1.29, 1.82) is 0 Å². The lowest BCUT2D eigenvalue weighted by atomic mass is 10.2. The van der Waals surface area contributed by atoms with Gasteiger partial charge in [0, 0.05) is 17.8 Å². The molecule has 0 spiro atoms. The molecular weight excluding hydrogens is 228 g/mol. The number of hydrogen-bond acceptors (Lipinski definition) is 4. The van der Waals surface area contributed by atoms with E-state index in [1.165, 1.54) is 5.38 Å². The molecule has 1 heterocycles. The molecule has 0 saturated heterocycles. The van der Waals surface area contributed by atoms with Crippen LogP contribution in [0.4, 0.5) is 0 Å². The van der Waals surface area contributed by atoms with Crippen molar-refractivity contribution in [3.8, 4) is 12.3 Å². The molecule has 1 rings (SSSR count). The summed E-state index contributed by atoms with van der Waals surface area (Å²) >= 11 is 0.915. The van der Waals surface area contributed by atoms with E-state index >= 15 is 0 Å². The molecule has 5 nitrogen and oxygen atoms in total. The standard InChI is InChI=1S/C10H10N2O3S/c1-3-4-6(2)11-8(13)7-5-16-9(12-7)10(14)15/h1,5-6H,4H2,2H3,(H,11,13)(H,14,15). The summed E-state index contributed by atoms with van der Waals surface area (Å²) < 4.78 is 0. The maximum absolute atomic E-state index is 11.5. The van der Waals surface area contributed by atoms with Gasteiger partial charge >= 0.3 is 5.97 Å². The first kappa shape index (κ1) is 12.2. The first-order chi connectivity index (χ1) is 7.54. The lowest BCUT2D eigenvalue weighted by Crippen LogP contribution is -2.32. The summed E-state index contributed by atoms with van der Waals surface area (Å²) in [6, 6.07) is -0.160. The highest BCUT2D eigenvalue weighted by molar-refractivity contribution is 7.11. The minimum atomic E-state index is -1.14. The Labute approximate surface area is 96.5 Å². The average Bonchev–Trinajstić information content (AvgIpc) is 2.66. The van der Waals surface area contributed by atoms with Gasteiger partial charge in [-0.2, -0.15) is 0 Å². The molecule has 1 unspecified atom stereocenters. The number of terminal acetylenes is 1. The van der Waals surface area contributed by atoms with Gasteiger partial charge in [-0.1, -0.05) is 0 Å². The smallest absolute Gasteiger partial charge is 0.365 e. The maximum atomic E-state index is 11.5. The number of thiazole rings is 1. The molecule has 0 bridgehead atoms. The first-order valence-corrected chi connectivity index (χ1v) is 5.35. The van der Waals surface area contributed by atoms with Crippen molar-refractivity contribution >= 4 is 23.2 Å². The third-order valence-electron chi connectivity index (χ3n) is 1.72. The highest BCUT2D eigenvalue weighted by atomic mass is 32.1. The normalized spacial score (nSPS) is 11.5. The van der Waals surface area contributed by atoms with Gasteiger partial charge in [0.2, 0.25) is 5.01 Å². The summed E-state index contributed by atoms with van der Waals surface area (Å²) in [7, 11) is 0. The van der Waals surface area contributed by atoms with Gasteiger partial charge < -0.3 is 10.4 Å². The van der Waals surface area contributed by atoms with Crippen LogP contribution >= 0.6 is 11.3 Å². The number of aromatic nitrogens is 1. The van der Waals surface area contributed by atoms with Crippen LogP contribution in [-0.2, 0) is 0 Å². The lowest BCUT2D eigenvalue weighted by molar-refractivity contribution is 0.0696. The van der Waals surface area contributed by atoms with Crippen LogP contribution in [0.1, 0.15) is 33.6 Å². The van der Waals surface area contributed by atoms with Crippen molar-refractivity contribution in [3.63, 3.8) is 0 Å². The van der Waals surface area contributed by atoms with E-state index in [0.29, 0.717) is 6.42 Å². The zero-order valence-corrected chi connectivity index (χ0v) is 9.37. The van der Waals surface area contributed by atoms with E-state index in [1.54, 1.807) is 6.92 Å². The second-order valence-corrected chi connectivity index (χ2v) is 3.98. The number of amides is 1. The van der Waals surface area contributed by atoms with Gasteiger partial charge in [-0.25, -0.2) is 9.78 Å². The Morgan fingerprint density at radius 3 is 2.94 bits per heavy atom. The summed E-state index contributed by atoms with van der Waals surface area (Å²) in [5.74, 6) is 0.872. The van der Waals surface area contributed by atoms with Gasteiger partial charge in [0.25, 0.3) is 5.91 Å². The number of carbonyl (C=O) groups is 2. The largest absolute Gasteiger partial charge is 0.476 e. The van der Waals surface area contributed by atoms with Gasteiger partial charge in [-0.3, -0.25) is 4.79 Å². The fourth-order valence-electron chi connectivity index (χ4n) is 1.00. The molecular formula is C10H10N2O3S. The van der Waals surface area contributed by atoms with Crippen LogP contribution in [0.25, 0.3) is 0 Å². The summed E-state index contributed by atoms with van der Waals surface area (Å²) in [6.07, 6.45) is 5.51. The van der Waals surface area contributed by atoms with Crippen molar-refractivity contribution in [2.24, 2.45) is 0 Å². The summed E-state index contributed by atoms with van der Waals surface area (Å²) in [5, 5.41) is 12.6. The molecule has 0 aliphatic rings. The van der Waals surface area contributed by atoms with Crippen molar-refractivity contribution in [2.75, 3.05) is 0 Å². The van der Waals surface area contributed by atoms with E-state index in [2.05, 4.69) is 16.2 Å². The van der Waals surface area contributed by atoms with Crippen LogP contribution in [0, 0.1) is 12.3 Å². The van der Waals surface area contributed by atoms with Crippen LogP contribution in [0.3, 0.4) is 0 Å². The number of hydrogen-bond donors (Lipinski definition) is 2. The average molecular weight is 238 g/mol. The van der Waals surface area contributed by atoms with Gasteiger partial charge in [0.05, 0.1) is 0 Å². The van der Waals surface area contributed by atoms with Crippen LogP contribution in [0.2, 0.25) is 0 Å². The molecule has 1 aromatic rings. The predicted octanol–water partition coefficient (Wildman–Crippen LogP) is 0.983. The molecule has 0 aliphatic carbocycles. The Morgan fingerprint density at radius 2 is 2.44 bits per heavy atom. The molecule has 0 radical (unpaired) electrons. The number of nitrogens with zero attached hydrogens (tertiary/aromatic N) is 1. The molecule has 1 aromatic heterocycles. The zero-order chi connectivity index (χ0) is 12.1. The number of carbonyl (C=O) groups excluding carboxylic acids is 1. The third-order valence-corrected chi connectivity index (χ3v) is 2.55. The Morgan fingerprint density at radius 1 is 1.75 bits per heavy atom. The fraction of sp³-hybridized carbons (Fsp3) is 0.300. The van der Waals surface area contributed by atoms with Crippen molar-refractivity contribution in [1.82, 2.24) is 10.3 Å². The van der Waals surface area contributed by atoms with Crippen LogP contribution in [0.5, 0.6) is 0 Å². The maximum Gasteiger partial charge on any atom is 0.365 e. The van der Waals surface area contributed by atoms with E-state index < -0.39 is 11.9 Å². The quantitative estimate of drug-likeness (QED) is 0.766. The molecule has 2 N–H and O–H groups in total. The molecule has 1 atom stereocenters. The number of carboxylic acid groups (broad SMARTS) is 1. The minimum Gasteiger partial charge on any atom is -0.476 e. The SMILES string of the molecule is C#CCC(C)NC(=O)c1csc(C(=O)O)n1. The second kappa shape index (κ2) is 5.28. The number of carboxylic acids is 1. The number of nitrogens with one attached hydrogen (secondary N) is 1. The highest BCUT2D eigenvalue weighted by Crippen LogP contribution is 2.09. The Bertz CT molecular complexity index is 447. The molecule has 1 amide bonds. The summed E-state index contributed by atoms with van der Waals surface area (Å²) in [5.41, 5.74) is 0.103. The first-order valence-electron chi connectivity index (χ1n) is 4.47. The van der Waals surface area contributed by atoms with Crippen LogP contribution in [-0.4, -0.2) is 28.0 Å². The number of aromatic carboxylic acids is 1. The second-order valence-electron chi connectivity index (χ2n) is 3.13. The Kier molecular flexibility index (Phi) is 4.03. The Balaban J connectivity index is 2.67. The van der Waals surface area contributed by atoms with Crippen molar-refractivity contribution in [2.45, 2.75) is 19.4 Å². The molecule has 0 aliphatic heterocycles. The number of rotatable bonds is 4. The van der Waals surface area contributed by atoms with E-state index in [0.717, 1.165) is 11.3 Å². The minimum absolute atomic E-state index is 0.102. The Hall–Kier alpha value is -1.87. The molecule has 0 saturated carbocycles. The van der Waals surface area contributed by atoms with E-state index in [1.807, 2.05) is 0 Å². The monoisotopic (exact) mass is 238 g/mol. The molecule has 0 aromatic carbocycles.